The number of hydrogen-bond donors (Lipinski definition) is 7. The normalized spacial score (nSPS) is 18.4. The monoisotopic (exact) mass is 301 g/mol. The first-order chi connectivity index (χ1) is 9.88. The zero-order valence-electron chi connectivity index (χ0n) is 11.1. The Labute approximate surface area is 120 Å². The summed E-state index contributed by atoms with van der Waals surface area (Å²) in [7, 11) is 0. The van der Waals surface area contributed by atoms with E-state index in [-0.39, 0.29) is 0 Å². The smallest absolute Gasteiger partial charge is 0.256 e. The molecule has 21 heavy (non-hydrogen) atoms. The minimum Gasteiger partial charge on any atom is -0.394 e. The Hall–Kier alpha value is -1.55. The van der Waals surface area contributed by atoms with Crippen LogP contribution < -0.4 is 5.32 Å². The molecule has 0 aliphatic carbocycles. The average Bonchev–Trinajstić information content (AvgIpc) is 2.52. The zero-order valence-corrected chi connectivity index (χ0v) is 11.1. The predicted molar refractivity (Wildman–Crippen MR) is 72.2 cm³/mol. The van der Waals surface area contributed by atoms with Crippen LogP contribution in [0.3, 0.4) is 0 Å². The third-order valence-electron chi connectivity index (χ3n) is 2.91. The summed E-state index contributed by atoms with van der Waals surface area (Å²) in [5.41, 5.74) is 0.374. The average molecular weight is 301 g/mol. The van der Waals surface area contributed by atoms with Gasteiger partial charge >= 0.3 is 0 Å². The molecule has 0 aromatic heterocycles. The molecule has 0 bridgehead atoms. The fourth-order valence-electron chi connectivity index (χ4n) is 1.62. The topological polar surface area (TPSA) is 150 Å². The largest absolute Gasteiger partial charge is 0.394 e. The van der Waals surface area contributed by atoms with E-state index in [0.717, 1.165) is 0 Å². The van der Waals surface area contributed by atoms with Crippen molar-refractivity contribution in [2.45, 2.75) is 30.5 Å². The van der Waals surface area contributed by atoms with Gasteiger partial charge in [0.15, 0.2) is 6.10 Å². The van der Waals surface area contributed by atoms with Crippen molar-refractivity contribution in [1.29, 1.82) is 0 Å². The number of carbonyl (C=O) groups excluding carboxylic acids is 1. The van der Waals surface area contributed by atoms with Crippen LogP contribution in [0.25, 0.3) is 0 Å². The molecule has 0 aliphatic rings. The highest BCUT2D eigenvalue weighted by molar-refractivity contribution is 5.94. The Morgan fingerprint density at radius 1 is 0.952 bits per heavy atom. The van der Waals surface area contributed by atoms with Gasteiger partial charge in [-0.15, -0.1) is 0 Å². The lowest BCUT2D eigenvalue weighted by Gasteiger charge is -2.27. The molecule has 0 spiro atoms. The number of anilines is 1. The van der Waals surface area contributed by atoms with Crippen molar-refractivity contribution in [3.8, 4) is 0 Å². The molecule has 1 aromatic rings. The van der Waals surface area contributed by atoms with Crippen LogP contribution in [0.4, 0.5) is 5.69 Å². The van der Waals surface area contributed by atoms with Crippen molar-refractivity contribution in [3.05, 3.63) is 30.3 Å². The molecule has 8 heteroatoms. The third kappa shape index (κ3) is 4.74. The summed E-state index contributed by atoms with van der Waals surface area (Å²) in [6, 6.07) is 8.12. The first kappa shape index (κ1) is 17.5. The van der Waals surface area contributed by atoms with Crippen LogP contribution in [0.15, 0.2) is 30.3 Å². The maximum Gasteiger partial charge on any atom is 0.256 e. The highest BCUT2D eigenvalue weighted by Crippen LogP contribution is 2.11. The second-order valence-electron chi connectivity index (χ2n) is 4.52. The molecule has 0 saturated heterocycles. The molecule has 1 aromatic carbocycles. The van der Waals surface area contributed by atoms with E-state index in [4.69, 9.17) is 10.2 Å². The number of amides is 1. The van der Waals surface area contributed by atoms with Crippen molar-refractivity contribution < 1.29 is 35.4 Å². The van der Waals surface area contributed by atoms with Crippen LogP contribution in [0, 0.1) is 0 Å². The van der Waals surface area contributed by atoms with Gasteiger partial charge < -0.3 is 36.0 Å². The highest BCUT2D eigenvalue weighted by Gasteiger charge is 2.37. The van der Waals surface area contributed by atoms with E-state index < -0.39 is 43.0 Å². The SMILES string of the molecule is O=C(Nc1ccccc1)[C@H](O)[C@H](O)[C@H](O)[C@H](O)[C@H](O)CO. The number of para-hydroxylation sites is 1. The maximum atomic E-state index is 11.7. The van der Waals surface area contributed by atoms with E-state index in [9.17, 15) is 25.2 Å². The quantitative estimate of drug-likeness (QED) is 0.292. The van der Waals surface area contributed by atoms with Crippen molar-refractivity contribution in [3.63, 3.8) is 0 Å². The summed E-state index contributed by atoms with van der Waals surface area (Å²) >= 11 is 0. The molecule has 0 radical (unpaired) electrons. The van der Waals surface area contributed by atoms with Gasteiger partial charge in [-0.1, -0.05) is 18.2 Å². The molecule has 0 heterocycles. The molecule has 118 valence electrons. The molecule has 1 rings (SSSR count). The Balaban J connectivity index is 2.64. The van der Waals surface area contributed by atoms with Crippen LogP contribution in [0.2, 0.25) is 0 Å². The number of carbonyl (C=O) groups is 1. The highest BCUT2D eigenvalue weighted by atomic mass is 16.4. The van der Waals surface area contributed by atoms with Crippen LogP contribution in [0.1, 0.15) is 0 Å². The van der Waals surface area contributed by atoms with Crippen molar-refractivity contribution in [2.24, 2.45) is 0 Å². The minimum absolute atomic E-state index is 0.374. The number of aliphatic hydroxyl groups is 6. The predicted octanol–water partition coefficient (Wildman–Crippen LogP) is -2.58. The van der Waals surface area contributed by atoms with Crippen LogP contribution >= 0.6 is 0 Å². The molecule has 8 nitrogen and oxygen atoms in total. The maximum absolute atomic E-state index is 11.7. The molecule has 0 unspecified atom stereocenters. The Bertz CT molecular complexity index is 441. The van der Waals surface area contributed by atoms with E-state index in [1.165, 1.54) is 0 Å². The van der Waals surface area contributed by atoms with Gasteiger partial charge in [-0.3, -0.25) is 4.79 Å². The summed E-state index contributed by atoms with van der Waals surface area (Å²) in [5.74, 6) is -0.988. The van der Waals surface area contributed by atoms with Crippen LogP contribution in [-0.4, -0.2) is 73.7 Å². The second-order valence-corrected chi connectivity index (χ2v) is 4.52. The van der Waals surface area contributed by atoms with Gasteiger partial charge in [0.1, 0.15) is 24.4 Å². The van der Waals surface area contributed by atoms with Gasteiger partial charge in [-0.25, -0.2) is 0 Å². The van der Waals surface area contributed by atoms with E-state index in [1.54, 1.807) is 30.3 Å². The van der Waals surface area contributed by atoms with E-state index in [2.05, 4.69) is 5.32 Å². The summed E-state index contributed by atoms with van der Waals surface area (Å²) in [4.78, 5) is 11.7. The van der Waals surface area contributed by atoms with Gasteiger partial charge in [0, 0.05) is 5.69 Å². The number of nitrogens with one attached hydrogen (secondary N) is 1. The number of hydrogen-bond acceptors (Lipinski definition) is 7. The van der Waals surface area contributed by atoms with Crippen LogP contribution in [-0.2, 0) is 4.79 Å². The molecular weight excluding hydrogens is 282 g/mol. The fourth-order valence-corrected chi connectivity index (χ4v) is 1.62. The van der Waals surface area contributed by atoms with E-state index in [1.807, 2.05) is 0 Å². The van der Waals surface area contributed by atoms with Crippen molar-refractivity contribution >= 4 is 11.6 Å². The number of aliphatic hydroxyl groups excluding tert-OH is 6. The molecule has 0 fully saturated rings. The van der Waals surface area contributed by atoms with Crippen molar-refractivity contribution in [2.75, 3.05) is 11.9 Å². The first-order valence-corrected chi connectivity index (χ1v) is 6.25. The Kier molecular flexibility index (Phi) is 6.69. The summed E-state index contributed by atoms with van der Waals surface area (Å²) < 4.78 is 0. The van der Waals surface area contributed by atoms with E-state index >= 15 is 0 Å². The molecule has 7 N–H and O–H groups in total. The number of benzene rings is 1. The standard InChI is InChI=1S/C13H19NO7/c15-6-8(16)9(17)10(18)11(19)12(20)13(21)14-7-4-2-1-3-5-7/h1-5,8-12,15-20H,6H2,(H,14,21)/t8-,9-,10-,11-,12-/m1/s1. The molecule has 5 atom stereocenters. The first-order valence-electron chi connectivity index (χ1n) is 6.25. The lowest BCUT2D eigenvalue weighted by molar-refractivity contribution is -0.153. The van der Waals surface area contributed by atoms with Gasteiger partial charge in [0.05, 0.1) is 6.61 Å². The third-order valence-corrected chi connectivity index (χ3v) is 2.91. The summed E-state index contributed by atoms with van der Waals surface area (Å²) in [6.45, 7) is -0.850. The molecular formula is C13H19NO7. The van der Waals surface area contributed by atoms with Crippen LogP contribution in [0.5, 0.6) is 0 Å². The summed E-state index contributed by atoms with van der Waals surface area (Å²) in [6.07, 6.45) is -9.70. The molecule has 1 amide bonds. The molecule has 0 saturated carbocycles. The Morgan fingerprint density at radius 2 is 1.52 bits per heavy atom. The van der Waals surface area contributed by atoms with E-state index in [0.29, 0.717) is 5.69 Å². The van der Waals surface area contributed by atoms with Gasteiger partial charge in [0.2, 0.25) is 0 Å². The Morgan fingerprint density at radius 3 is 2.05 bits per heavy atom. The molecule has 0 aliphatic heterocycles. The minimum atomic E-state index is -2.04. The second kappa shape index (κ2) is 8.03. The lowest BCUT2D eigenvalue weighted by atomic mass is 9.99. The fraction of sp³-hybridized carbons (Fsp3) is 0.462. The van der Waals surface area contributed by atoms with Gasteiger partial charge in [-0.05, 0) is 12.1 Å². The van der Waals surface area contributed by atoms with Gasteiger partial charge in [0.25, 0.3) is 5.91 Å². The summed E-state index contributed by atoms with van der Waals surface area (Å²) in [5, 5.41) is 58.3. The number of rotatable bonds is 7. The van der Waals surface area contributed by atoms with Crippen molar-refractivity contribution in [1.82, 2.24) is 0 Å². The lowest BCUT2D eigenvalue weighted by Crippen LogP contribution is -2.52. The zero-order chi connectivity index (χ0) is 16.0. The van der Waals surface area contributed by atoms with Gasteiger partial charge in [-0.2, -0.15) is 0 Å².